The summed E-state index contributed by atoms with van der Waals surface area (Å²) in [6.07, 6.45) is 19.6. The van der Waals surface area contributed by atoms with Gasteiger partial charge in [-0.25, -0.2) is 14.4 Å². The number of aryl methyl sites for hydroxylation is 1. The Morgan fingerprint density at radius 2 is 1.38 bits per heavy atom. The van der Waals surface area contributed by atoms with Crippen molar-refractivity contribution in [2.45, 2.75) is 117 Å². The second-order valence-electron chi connectivity index (χ2n) is 9.91. The molecule has 4 heteroatoms. The van der Waals surface area contributed by atoms with Gasteiger partial charge in [0, 0.05) is 5.56 Å². The van der Waals surface area contributed by atoms with Crippen LogP contribution in [0.2, 0.25) is 0 Å². The maximum Gasteiger partial charge on any atom is 0.159 e. The third-order valence-corrected chi connectivity index (χ3v) is 6.55. The molecule has 0 aliphatic carbocycles. The molecule has 0 bridgehead atoms. The first-order chi connectivity index (χ1) is 16.6. The van der Waals surface area contributed by atoms with Crippen molar-refractivity contribution in [3.8, 4) is 17.1 Å². The maximum absolute atomic E-state index is 14.2. The van der Waals surface area contributed by atoms with Crippen molar-refractivity contribution in [1.29, 1.82) is 0 Å². The van der Waals surface area contributed by atoms with Gasteiger partial charge in [0.1, 0.15) is 12.8 Å². The quantitative estimate of drug-likeness (QED) is 0.192. The minimum atomic E-state index is -0.954. The van der Waals surface area contributed by atoms with E-state index in [2.05, 4.69) is 55.0 Å². The highest BCUT2D eigenvalue weighted by molar-refractivity contribution is 5.55. The zero-order valence-electron chi connectivity index (χ0n) is 21.9. The molecule has 34 heavy (non-hydrogen) atoms. The van der Waals surface area contributed by atoms with E-state index in [9.17, 15) is 4.39 Å². The SMILES string of the molecule is CCCCCCCCCCCc1ccc(-c2ncc(OCC(F)CC(C)CCCC)cn2)cc1. The van der Waals surface area contributed by atoms with Gasteiger partial charge < -0.3 is 4.74 Å². The predicted molar refractivity (Wildman–Crippen MR) is 142 cm³/mol. The van der Waals surface area contributed by atoms with Crippen LogP contribution in [0.3, 0.4) is 0 Å². The van der Waals surface area contributed by atoms with Crippen molar-refractivity contribution < 1.29 is 9.13 Å². The van der Waals surface area contributed by atoms with Gasteiger partial charge in [0.15, 0.2) is 11.6 Å². The van der Waals surface area contributed by atoms with E-state index >= 15 is 0 Å². The Morgan fingerprint density at radius 1 is 0.794 bits per heavy atom. The lowest BCUT2D eigenvalue weighted by atomic mass is 9.98. The summed E-state index contributed by atoms with van der Waals surface area (Å²) in [4.78, 5) is 8.84. The molecular formula is C30H47FN2O. The fourth-order valence-electron chi connectivity index (χ4n) is 4.36. The van der Waals surface area contributed by atoms with Crippen LogP contribution in [0.5, 0.6) is 5.75 Å². The van der Waals surface area contributed by atoms with E-state index < -0.39 is 6.17 Å². The van der Waals surface area contributed by atoms with Crippen molar-refractivity contribution in [2.75, 3.05) is 6.61 Å². The molecular weight excluding hydrogens is 423 g/mol. The van der Waals surface area contributed by atoms with Gasteiger partial charge in [-0.2, -0.15) is 0 Å². The van der Waals surface area contributed by atoms with Gasteiger partial charge in [0.25, 0.3) is 0 Å². The highest BCUT2D eigenvalue weighted by Crippen LogP contribution is 2.20. The average Bonchev–Trinajstić information content (AvgIpc) is 2.86. The van der Waals surface area contributed by atoms with Crippen LogP contribution in [0.4, 0.5) is 4.39 Å². The standard InChI is InChI=1S/C30H47FN2O/c1-4-6-8-9-10-11-12-13-14-16-26-17-19-27(20-18-26)30-32-22-29(23-33-30)34-24-28(31)21-25(3)15-7-5-2/h17-20,22-23,25,28H,4-16,21,24H2,1-3H3. The summed E-state index contributed by atoms with van der Waals surface area (Å²) in [5, 5.41) is 0. The number of aromatic nitrogens is 2. The number of ether oxygens (including phenoxy) is 1. The van der Waals surface area contributed by atoms with Crippen LogP contribution in [0, 0.1) is 5.92 Å². The molecule has 1 aromatic heterocycles. The van der Waals surface area contributed by atoms with Gasteiger partial charge in [-0.1, -0.05) is 116 Å². The molecule has 2 aromatic rings. The van der Waals surface area contributed by atoms with Crippen LogP contribution < -0.4 is 4.74 Å². The molecule has 0 N–H and O–H groups in total. The van der Waals surface area contributed by atoms with Gasteiger partial charge in [-0.3, -0.25) is 0 Å². The number of hydrogen-bond donors (Lipinski definition) is 0. The number of halogens is 1. The van der Waals surface area contributed by atoms with Crippen molar-refractivity contribution in [3.05, 3.63) is 42.2 Å². The number of unbranched alkanes of at least 4 members (excludes halogenated alkanes) is 9. The van der Waals surface area contributed by atoms with Crippen molar-refractivity contribution >= 4 is 0 Å². The molecule has 2 atom stereocenters. The maximum atomic E-state index is 14.2. The summed E-state index contributed by atoms with van der Waals surface area (Å²) < 4.78 is 19.8. The molecule has 2 unspecified atom stereocenters. The average molecular weight is 471 g/mol. The summed E-state index contributed by atoms with van der Waals surface area (Å²) in [7, 11) is 0. The summed E-state index contributed by atoms with van der Waals surface area (Å²) in [6, 6.07) is 8.55. The lowest BCUT2D eigenvalue weighted by molar-refractivity contribution is 0.167. The zero-order valence-corrected chi connectivity index (χ0v) is 21.9. The van der Waals surface area contributed by atoms with Crippen LogP contribution >= 0.6 is 0 Å². The molecule has 0 radical (unpaired) electrons. The first kappa shape index (κ1) is 28.3. The van der Waals surface area contributed by atoms with Crippen LogP contribution in [0.25, 0.3) is 11.4 Å². The summed E-state index contributed by atoms with van der Waals surface area (Å²) in [6.45, 7) is 6.61. The second kappa shape index (κ2) is 17.5. The number of nitrogens with zero attached hydrogens (tertiary/aromatic N) is 2. The van der Waals surface area contributed by atoms with Gasteiger partial charge in [0.2, 0.25) is 0 Å². The van der Waals surface area contributed by atoms with Crippen molar-refractivity contribution in [3.63, 3.8) is 0 Å². The van der Waals surface area contributed by atoms with Crippen molar-refractivity contribution in [1.82, 2.24) is 9.97 Å². The predicted octanol–water partition coefficient (Wildman–Crippen LogP) is 9.15. The lowest BCUT2D eigenvalue weighted by Crippen LogP contribution is -2.16. The molecule has 0 aliphatic heterocycles. The fourth-order valence-corrected chi connectivity index (χ4v) is 4.36. The molecule has 0 saturated heterocycles. The Balaban J connectivity index is 1.66. The molecule has 2 rings (SSSR count). The number of alkyl halides is 1. The highest BCUT2D eigenvalue weighted by Gasteiger charge is 2.13. The molecule has 1 heterocycles. The topological polar surface area (TPSA) is 35.0 Å². The van der Waals surface area contributed by atoms with E-state index in [0.29, 0.717) is 23.9 Å². The minimum absolute atomic E-state index is 0.0622. The molecule has 3 nitrogen and oxygen atoms in total. The Kier molecular flexibility index (Phi) is 14.5. The third-order valence-electron chi connectivity index (χ3n) is 6.55. The summed E-state index contributed by atoms with van der Waals surface area (Å²) in [5.74, 6) is 1.59. The van der Waals surface area contributed by atoms with Crippen LogP contribution in [0.1, 0.15) is 110 Å². The molecule has 190 valence electrons. The van der Waals surface area contributed by atoms with Crippen LogP contribution in [-0.4, -0.2) is 22.7 Å². The molecule has 1 aromatic carbocycles. The molecule has 0 amide bonds. The van der Waals surface area contributed by atoms with Gasteiger partial charge >= 0.3 is 0 Å². The van der Waals surface area contributed by atoms with Gasteiger partial charge in [0.05, 0.1) is 12.4 Å². The van der Waals surface area contributed by atoms with Crippen molar-refractivity contribution in [2.24, 2.45) is 5.92 Å². The Hall–Kier alpha value is -1.97. The molecule has 0 spiro atoms. The summed E-state index contributed by atoms with van der Waals surface area (Å²) >= 11 is 0. The molecule has 0 saturated carbocycles. The van der Waals surface area contributed by atoms with Gasteiger partial charge in [-0.05, 0) is 30.7 Å². The first-order valence-corrected chi connectivity index (χ1v) is 13.8. The molecule has 0 fully saturated rings. The van der Waals surface area contributed by atoms with E-state index in [-0.39, 0.29) is 6.61 Å². The van der Waals surface area contributed by atoms with E-state index in [4.69, 9.17) is 4.74 Å². The zero-order chi connectivity index (χ0) is 24.4. The minimum Gasteiger partial charge on any atom is -0.487 e. The Morgan fingerprint density at radius 3 is 2.00 bits per heavy atom. The Bertz CT molecular complexity index is 747. The first-order valence-electron chi connectivity index (χ1n) is 13.8. The van der Waals surface area contributed by atoms with E-state index in [1.54, 1.807) is 12.4 Å². The second-order valence-corrected chi connectivity index (χ2v) is 9.91. The fraction of sp³-hybridized carbons (Fsp3) is 0.667. The lowest BCUT2D eigenvalue weighted by Gasteiger charge is -2.15. The van der Waals surface area contributed by atoms with E-state index in [0.717, 1.165) is 31.2 Å². The molecule has 0 aliphatic rings. The van der Waals surface area contributed by atoms with Gasteiger partial charge in [-0.15, -0.1) is 0 Å². The smallest absolute Gasteiger partial charge is 0.159 e. The number of benzene rings is 1. The number of hydrogen-bond acceptors (Lipinski definition) is 3. The normalized spacial score (nSPS) is 13.1. The number of rotatable bonds is 19. The van der Waals surface area contributed by atoms with E-state index in [1.165, 1.54) is 63.4 Å². The third kappa shape index (κ3) is 11.9. The van der Waals surface area contributed by atoms with Crippen LogP contribution in [0.15, 0.2) is 36.7 Å². The monoisotopic (exact) mass is 470 g/mol. The Labute approximate surface area is 208 Å². The van der Waals surface area contributed by atoms with E-state index in [1.807, 2.05) is 0 Å². The summed E-state index contributed by atoms with van der Waals surface area (Å²) in [5.41, 5.74) is 2.37. The largest absolute Gasteiger partial charge is 0.487 e. The highest BCUT2D eigenvalue weighted by atomic mass is 19.1. The van der Waals surface area contributed by atoms with Crippen LogP contribution in [-0.2, 0) is 6.42 Å².